The molecule has 2 aliphatic rings. The van der Waals surface area contributed by atoms with Crippen molar-refractivity contribution in [2.75, 3.05) is 14.2 Å². The number of halogens is 1. The number of aliphatic carboxylic acids is 1. The van der Waals surface area contributed by atoms with Gasteiger partial charge in [-0.05, 0) is 66.6 Å². The van der Waals surface area contributed by atoms with E-state index < -0.39 is 5.97 Å². The Kier molecular flexibility index (Phi) is 10.9. The van der Waals surface area contributed by atoms with Crippen LogP contribution in [0.25, 0.3) is 0 Å². The van der Waals surface area contributed by atoms with Crippen LogP contribution in [0.1, 0.15) is 74.8 Å². The fourth-order valence-corrected chi connectivity index (χ4v) is 3.45. The lowest BCUT2D eigenvalue weighted by Crippen LogP contribution is -2.06. The molecule has 2 aromatic rings. The quantitative estimate of drug-likeness (QED) is 0.550. The number of hydrogen-bond donors (Lipinski definition) is 1. The summed E-state index contributed by atoms with van der Waals surface area (Å²) in [5.41, 5.74) is 1.83. The molecule has 2 aromatic carbocycles. The number of carbonyl (C=O) groups is 1. The molecule has 170 valence electrons. The van der Waals surface area contributed by atoms with Gasteiger partial charge in [-0.25, -0.2) is 4.39 Å². The molecule has 0 atom stereocenters. The smallest absolute Gasteiger partial charge is 0.303 e. The lowest BCUT2D eigenvalue weighted by atomic mass is 9.84. The summed E-state index contributed by atoms with van der Waals surface area (Å²) in [4.78, 5) is 10.3. The molecule has 0 saturated heterocycles. The summed E-state index contributed by atoms with van der Waals surface area (Å²) in [6.45, 7) is 0. The SMILES string of the molecule is C1CC1.COc1ccc(F)c(C2CCCCC2)c1.COc1cccc(CCC(=O)O)c1. The van der Waals surface area contributed by atoms with Crippen LogP contribution >= 0.6 is 0 Å². The lowest BCUT2D eigenvalue weighted by molar-refractivity contribution is -0.136. The van der Waals surface area contributed by atoms with Crippen LogP contribution in [-0.4, -0.2) is 25.3 Å². The van der Waals surface area contributed by atoms with Crippen LogP contribution in [-0.2, 0) is 11.2 Å². The van der Waals surface area contributed by atoms with Gasteiger partial charge < -0.3 is 14.6 Å². The number of aryl methyl sites for hydroxylation is 1. The van der Waals surface area contributed by atoms with E-state index in [9.17, 15) is 9.18 Å². The minimum atomic E-state index is -0.775. The van der Waals surface area contributed by atoms with Gasteiger partial charge in [-0.2, -0.15) is 0 Å². The fourth-order valence-electron chi connectivity index (χ4n) is 3.45. The van der Waals surface area contributed by atoms with Crippen LogP contribution < -0.4 is 9.47 Å². The molecular weight excluding hydrogens is 395 g/mol. The van der Waals surface area contributed by atoms with Gasteiger partial charge in [-0.1, -0.05) is 50.7 Å². The molecule has 2 saturated carbocycles. The van der Waals surface area contributed by atoms with E-state index in [1.165, 1.54) is 44.6 Å². The first-order valence-corrected chi connectivity index (χ1v) is 11.2. The Bertz CT molecular complexity index is 795. The number of ether oxygens (including phenoxy) is 2. The molecule has 2 aliphatic carbocycles. The lowest BCUT2D eigenvalue weighted by Gasteiger charge is -2.22. The Balaban J connectivity index is 0.000000195. The highest BCUT2D eigenvalue weighted by atomic mass is 19.1. The first-order chi connectivity index (χ1) is 15.0. The first-order valence-electron chi connectivity index (χ1n) is 11.2. The molecule has 0 heterocycles. The molecule has 1 N–H and O–H groups in total. The van der Waals surface area contributed by atoms with E-state index >= 15 is 0 Å². The molecule has 0 bridgehead atoms. The number of methoxy groups -OCH3 is 2. The largest absolute Gasteiger partial charge is 0.497 e. The Morgan fingerprint density at radius 1 is 0.935 bits per heavy atom. The van der Waals surface area contributed by atoms with Gasteiger partial charge in [0.05, 0.1) is 14.2 Å². The maximum atomic E-state index is 13.6. The molecular formula is C26H35FO4. The van der Waals surface area contributed by atoms with Crippen LogP contribution in [0.3, 0.4) is 0 Å². The summed E-state index contributed by atoms with van der Waals surface area (Å²) in [6, 6.07) is 12.5. The summed E-state index contributed by atoms with van der Waals surface area (Å²) in [5, 5.41) is 8.47. The summed E-state index contributed by atoms with van der Waals surface area (Å²) in [6.07, 6.45) is 11.2. The fraction of sp³-hybridized carbons (Fsp3) is 0.500. The Morgan fingerprint density at radius 3 is 2.13 bits per heavy atom. The maximum Gasteiger partial charge on any atom is 0.303 e. The van der Waals surface area contributed by atoms with Crippen molar-refractivity contribution in [1.82, 2.24) is 0 Å². The van der Waals surface area contributed by atoms with Crippen LogP contribution in [0.4, 0.5) is 4.39 Å². The summed E-state index contributed by atoms with van der Waals surface area (Å²) >= 11 is 0. The third-order valence-electron chi connectivity index (χ3n) is 5.36. The van der Waals surface area contributed by atoms with Crippen molar-refractivity contribution in [2.24, 2.45) is 0 Å². The molecule has 2 fully saturated rings. The molecule has 0 aromatic heterocycles. The van der Waals surface area contributed by atoms with E-state index in [0.29, 0.717) is 12.3 Å². The minimum Gasteiger partial charge on any atom is -0.497 e. The van der Waals surface area contributed by atoms with E-state index in [1.54, 1.807) is 20.3 Å². The summed E-state index contributed by atoms with van der Waals surface area (Å²) < 4.78 is 23.8. The van der Waals surface area contributed by atoms with Crippen LogP contribution in [0.5, 0.6) is 11.5 Å². The van der Waals surface area contributed by atoms with Gasteiger partial charge in [-0.3, -0.25) is 4.79 Å². The zero-order valence-corrected chi connectivity index (χ0v) is 18.7. The van der Waals surface area contributed by atoms with Crippen molar-refractivity contribution in [3.8, 4) is 11.5 Å². The molecule has 31 heavy (non-hydrogen) atoms. The second kappa shape index (κ2) is 13.7. The number of benzene rings is 2. The van der Waals surface area contributed by atoms with Gasteiger partial charge in [0.15, 0.2) is 0 Å². The highest BCUT2D eigenvalue weighted by Crippen LogP contribution is 2.35. The Morgan fingerprint density at radius 2 is 1.55 bits per heavy atom. The number of hydrogen-bond acceptors (Lipinski definition) is 3. The van der Waals surface area contributed by atoms with Gasteiger partial charge in [0.2, 0.25) is 0 Å². The zero-order valence-electron chi connectivity index (χ0n) is 18.7. The predicted molar refractivity (Wildman–Crippen MR) is 122 cm³/mol. The van der Waals surface area contributed by atoms with E-state index in [0.717, 1.165) is 35.5 Å². The van der Waals surface area contributed by atoms with Crippen LogP contribution in [0, 0.1) is 5.82 Å². The number of carboxylic acid groups (broad SMARTS) is 1. The topological polar surface area (TPSA) is 55.8 Å². The summed E-state index contributed by atoms with van der Waals surface area (Å²) in [7, 11) is 3.22. The van der Waals surface area contributed by atoms with Crippen molar-refractivity contribution in [3.05, 3.63) is 59.4 Å². The van der Waals surface area contributed by atoms with Crippen LogP contribution in [0.15, 0.2) is 42.5 Å². The van der Waals surface area contributed by atoms with Crippen molar-refractivity contribution in [2.45, 2.75) is 70.1 Å². The average Bonchev–Trinajstić information content (AvgIpc) is 3.69. The molecule has 0 spiro atoms. The van der Waals surface area contributed by atoms with E-state index in [1.807, 2.05) is 30.3 Å². The van der Waals surface area contributed by atoms with E-state index in [-0.39, 0.29) is 12.2 Å². The third kappa shape index (κ3) is 9.86. The Hall–Kier alpha value is -2.56. The standard InChI is InChI=1S/C13H17FO.C10H12O3.C3H6/c1-15-11-7-8-13(14)12(9-11)10-5-3-2-4-6-10;1-13-9-4-2-3-8(7-9)5-6-10(11)12;1-2-3-1/h7-10H,2-6H2,1H3;2-4,7H,5-6H2,1H3,(H,11,12);1-3H2. The van der Waals surface area contributed by atoms with Crippen molar-refractivity contribution in [1.29, 1.82) is 0 Å². The number of rotatable bonds is 6. The zero-order chi connectivity index (χ0) is 22.5. The molecule has 4 rings (SSSR count). The summed E-state index contributed by atoms with van der Waals surface area (Å²) in [5.74, 6) is 1.07. The molecule has 0 radical (unpaired) electrons. The second-order valence-electron chi connectivity index (χ2n) is 8.03. The molecule has 0 amide bonds. The van der Waals surface area contributed by atoms with E-state index in [2.05, 4.69) is 0 Å². The molecule has 0 unspecified atom stereocenters. The van der Waals surface area contributed by atoms with Crippen molar-refractivity contribution >= 4 is 5.97 Å². The van der Waals surface area contributed by atoms with Crippen molar-refractivity contribution < 1.29 is 23.8 Å². The molecule has 5 heteroatoms. The van der Waals surface area contributed by atoms with E-state index in [4.69, 9.17) is 14.6 Å². The Labute approximate surface area is 185 Å². The minimum absolute atomic E-state index is 0.0808. The van der Waals surface area contributed by atoms with Crippen LogP contribution in [0.2, 0.25) is 0 Å². The second-order valence-corrected chi connectivity index (χ2v) is 8.03. The van der Waals surface area contributed by atoms with Gasteiger partial charge in [0.1, 0.15) is 17.3 Å². The highest BCUT2D eigenvalue weighted by molar-refractivity contribution is 5.67. The highest BCUT2D eigenvalue weighted by Gasteiger charge is 2.19. The maximum absolute atomic E-state index is 13.6. The van der Waals surface area contributed by atoms with Gasteiger partial charge in [-0.15, -0.1) is 0 Å². The van der Waals surface area contributed by atoms with Gasteiger partial charge >= 0.3 is 5.97 Å². The average molecular weight is 431 g/mol. The van der Waals surface area contributed by atoms with Crippen molar-refractivity contribution in [3.63, 3.8) is 0 Å². The first kappa shape index (κ1) is 24.7. The third-order valence-corrected chi connectivity index (χ3v) is 5.36. The monoisotopic (exact) mass is 430 g/mol. The van der Waals surface area contributed by atoms with Gasteiger partial charge in [0, 0.05) is 6.42 Å². The normalized spacial score (nSPS) is 14.9. The van der Waals surface area contributed by atoms with Gasteiger partial charge in [0.25, 0.3) is 0 Å². The number of carboxylic acids is 1. The predicted octanol–water partition coefficient (Wildman–Crippen LogP) is 6.76. The molecule has 4 nitrogen and oxygen atoms in total. The molecule has 0 aliphatic heterocycles.